The van der Waals surface area contributed by atoms with Crippen molar-refractivity contribution >= 4 is 33.4 Å². The van der Waals surface area contributed by atoms with E-state index in [1.165, 1.54) is 48.5 Å². The quantitative estimate of drug-likeness (QED) is 0.194. The molecule has 4 aromatic rings. The Morgan fingerprint density at radius 3 is 1.51 bits per heavy atom. The Labute approximate surface area is 251 Å². The van der Waals surface area contributed by atoms with Crippen molar-refractivity contribution in [1.82, 2.24) is 5.32 Å². The van der Waals surface area contributed by atoms with E-state index in [1.54, 1.807) is 54.6 Å². The van der Waals surface area contributed by atoms with Gasteiger partial charge in [0.05, 0.1) is 9.79 Å². The number of ether oxygens (including phenoxy) is 1. The summed E-state index contributed by atoms with van der Waals surface area (Å²) in [6.45, 7) is -0.0450. The van der Waals surface area contributed by atoms with Crippen molar-refractivity contribution in [3.63, 3.8) is 0 Å². The third-order valence-electron chi connectivity index (χ3n) is 6.12. The second kappa shape index (κ2) is 13.5. The highest BCUT2D eigenvalue weighted by Crippen LogP contribution is 2.53. The fourth-order valence-electron chi connectivity index (χ4n) is 3.92. The molecule has 0 spiro atoms. The van der Waals surface area contributed by atoms with Crippen LogP contribution in [0.3, 0.4) is 0 Å². The highest BCUT2D eigenvalue weighted by atomic mass is 32.2. The molecule has 4 aromatic carbocycles. The molecule has 13 heteroatoms. The lowest BCUT2D eigenvalue weighted by molar-refractivity contribution is 0.137. The van der Waals surface area contributed by atoms with Crippen LogP contribution >= 0.6 is 7.60 Å². The second-order valence-corrected chi connectivity index (χ2v) is 15.7. The average molecular weight is 644 g/mol. The van der Waals surface area contributed by atoms with Gasteiger partial charge in [-0.25, -0.2) is 26.2 Å². The van der Waals surface area contributed by atoms with Crippen LogP contribution in [-0.2, 0) is 42.0 Å². The van der Waals surface area contributed by atoms with Crippen LogP contribution in [0.25, 0.3) is 0 Å². The van der Waals surface area contributed by atoms with E-state index in [4.69, 9.17) is 13.8 Å². The predicted molar refractivity (Wildman–Crippen MR) is 162 cm³/mol. The Kier molecular flexibility index (Phi) is 9.95. The molecular formula is C30H30NO9PS2. The minimum absolute atomic E-state index is 0.00139. The summed E-state index contributed by atoms with van der Waals surface area (Å²) in [5, 5.41) is 2.62. The highest BCUT2D eigenvalue weighted by molar-refractivity contribution is 7.91. The topological polar surface area (TPSA) is 142 Å². The summed E-state index contributed by atoms with van der Waals surface area (Å²) in [6, 6.07) is 28.4. The van der Waals surface area contributed by atoms with E-state index >= 15 is 0 Å². The van der Waals surface area contributed by atoms with Gasteiger partial charge in [-0.1, -0.05) is 60.7 Å². The molecule has 4 rings (SSSR count). The number of sulfone groups is 2. The maximum atomic E-state index is 14.7. The molecule has 0 aliphatic heterocycles. The van der Waals surface area contributed by atoms with Gasteiger partial charge < -0.3 is 19.1 Å². The van der Waals surface area contributed by atoms with Gasteiger partial charge in [0.15, 0.2) is 25.5 Å². The number of amides is 1. The molecule has 43 heavy (non-hydrogen) atoms. The van der Waals surface area contributed by atoms with E-state index in [-0.39, 0.29) is 34.3 Å². The van der Waals surface area contributed by atoms with E-state index in [0.29, 0.717) is 5.56 Å². The average Bonchev–Trinajstić information content (AvgIpc) is 2.96. The van der Waals surface area contributed by atoms with Crippen LogP contribution in [0.4, 0.5) is 4.79 Å². The van der Waals surface area contributed by atoms with Crippen LogP contribution in [0, 0.1) is 0 Å². The molecule has 1 amide bonds. The van der Waals surface area contributed by atoms with E-state index in [1.807, 2.05) is 6.07 Å². The minimum atomic E-state index is -4.41. The first kappa shape index (κ1) is 31.8. The Bertz CT molecular complexity index is 1720. The fourth-order valence-corrected chi connectivity index (χ4v) is 7.00. The molecule has 0 aliphatic rings. The van der Waals surface area contributed by atoms with Crippen LogP contribution in [0.5, 0.6) is 11.5 Å². The molecule has 1 N–H and O–H groups in total. The first-order valence-electron chi connectivity index (χ1n) is 12.9. The number of carbonyl (C=O) groups is 1. The van der Waals surface area contributed by atoms with E-state index in [9.17, 15) is 26.2 Å². The second-order valence-electron chi connectivity index (χ2n) is 9.62. The Morgan fingerprint density at radius 1 is 0.674 bits per heavy atom. The number of benzene rings is 4. The van der Waals surface area contributed by atoms with E-state index in [2.05, 4.69) is 5.32 Å². The summed E-state index contributed by atoms with van der Waals surface area (Å²) in [6.07, 6.45) is 1.23. The number of carbonyl (C=O) groups excluding carboxylic acids is 1. The zero-order valence-electron chi connectivity index (χ0n) is 23.3. The molecule has 0 bridgehead atoms. The third-order valence-corrected chi connectivity index (χ3v) is 10.4. The number of alkyl carbamates (subject to hydrolysis) is 1. The van der Waals surface area contributed by atoms with Crippen molar-refractivity contribution in [2.45, 2.75) is 28.6 Å². The van der Waals surface area contributed by atoms with Crippen molar-refractivity contribution < 1.29 is 40.0 Å². The van der Waals surface area contributed by atoms with Crippen molar-refractivity contribution in [1.29, 1.82) is 0 Å². The van der Waals surface area contributed by atoms with Gasteiger partial charge in [0.25, 0.3) is 0 Å². The summed E-state index contributed by atoms with van der Waals surface area (Å²) in [5.74, 6) is -1.26. The minimum Gasteiger partial charge on any atom is -0.445 e. The van der Waals surface area contributed by atoms with Crippen molar-refractivity contribution in [3.8, 4) is 11.5 Å². The van der Waals surface area contributed by atoms with E-state index < -0.39 is 39.1 Å². The zero-order chi connectivity index (χ0) is 31.1. The van der Waals surface area contributed by atoms with Gasteiger partial charge in [0, 0.05) is 18.9 Å². The van der Waals surface area contributed by atoms with Crippen LogP contribution in [0.2, 0.25) is 0 Å². The van der Waals surface area contributed by atoms with Gasteiger partial charge >= 0.3 is 13.7 Å². The molecule has 1 unspecified atom stereocenters. The molecule has 0 radical (unpaired) electrons. The monoisotopic (exact) mass is 643 g/mol. The van der Waals surface area contributed by atoms with Gasteiger partial charge in [0.1, 0.15) is 18.1 Å². The fraction of sp³-hybridized carbons (Fsp3) is 0.167. The van der Waals surface area contributed by atoms with Crippen LogP contribution in [0.1, 0.15) is 11.1 Å². The standard InChI is InChI=1S/C30H30NO9PS2/c1-42(34,35)27-17-13-25(14-18-27)39-41(33,40-26-15-19-28(20-16-26)43(2,36)37)29(21-23-9-5-3-6-10-23)31-30(32)38-22-24-11-7-4-8-12-24/h3-20,29H,21-22H2,1-2H3,(H,31,32). The lowest BCUT2D eigenvalue weighted by atomic mass is 10.1. The smallest absolute Gasteiger partial charge is 0.445 e. The van der Waals surface area contributed by atoms with Gasteiger partial charge in [-0.3, -0.25) is 0 Å². The molecule has 0 saturated carbocycles. The number of hydrogen-bond donors (Lipinski definition) is 1. The van der Waals surface area contributed by atoms with E-state index in [0.717, 1.165) is 18.1 Å². The molecule has 0 saturated heterocycles. The molecule has 1 atom stereocenters. The maximum Gasteiger partial charge on any atom is 0.453 e. The van der Waals surface area contributed by atoms with Crippen molar-refractivity contribution in [3.05, 3.63) is 120 Å². The Morgan fingerprint density at radius 2 is 1.09 bits per heavy atom. The number of nitrogens with one attached hydrogen (secondary N) is 1. The predicted octanol–water partition coefficient (Wildman–Crippen LogP) is 5.64. The molecule has 226 valence electrons. The molecule has 10 nitrogen and oxygen atoms in total. The van der Waals surface area contributed by atoms with Crippen LogP contribution in [0.15, 0.2) is 119 Å². The maximum absolute atomic E-state index is 14.7. The first-order valence-corrected chi connectivity index (χ1v) is 18.3. The van der Waals surface area contributed by atoms with Gasteiger partial charge in [-0.2, -0.15) is 0 Å². The van der Waals surface area contributed by atoms with Crippen LogP contribution < -0.4 is 14.4 Å². The van der Waals surface area contributed by atoms with Crippen molar-refractivity contribution in [2.75, 3.05) is 12.5 Å². The summed E-state index contributed by atoms with van der Waals surface area (Å²) in [5.41, 5.74) is 1.44. The normalized spacial score (nSPS) is 12.6. The summed E-state index contributed by atoms with van der Waals surface area (Å²) in [4.78, 5) is 13.0. The van der Waals surface area contributed by atoms with Crippen LogP contribution in [-0.4, -0.2) is 41.2 Å². The zero-order valence-corrected chi connectivity index (χ0v) is 25.8. The molecule has 0 fully saturated rings. The molecular weight excluding hydrogens is 613 g/mol. The lowest BCUT2D eigenvalue weighted by Gasteiger charge is -2.28. The molecule has 0 heterocycles. The molecule has 0 aliphatic carbocycles. The lowest BCUT2D eigenvalue weighted by Crippen LogP contribution is -2.39. The first-order chi connectivity index (χ1) is 20.3. The Balaban J connectivity index is 1.69. The number of hydrogen-bond acceptors (Lipinski definition) is 9. The summed E-state index contributed by atoms with van der Waals surface area (Å²) >= 11 is 0. The SMILES string of the molecule is CS(=O)(=O)c1ccc(OP(=O)(Oc2ccc(S(C)(=O)=O)cc2)C(Cc2ccccc2)NC(=O)OCc2ccccc2)cc1. The third kappa shape index (κ3) is 9.18. The molecule has 0 aromatic heterocycles. The van der Waals surface area contributed by atoms with Gasteiger partial charge in [-0.05, 0) is 59.7 Å². The van der Waals surface area contributed by atoms with Gasteiger partial charge in [0.2, 0.25) is 0 Å². The highest BCUT2D eigenvalue weighted by Gasteiger charge is 2.41. The summed E-state index contributed by atoms with van der Waals surface area (Å²) < 4.78 is 79.7. The largest absolute Gasteiger partial charge is 0.453 e. The number of rotatable bonds is 12. The summed E-state index contributed by atoms with van der Waals surface area (Å²) in [7, 11) is -11.4. The van der Waals surface area contributed by atoms with Crippen molar-refractivity contribution in [2.24, 2.45) is 0 Å². The Hall–Kier alpha value is -4.12. The van der Waals surface area contributed by atoms with Gasteiger partial charge in [-0.15, -0.1) is 0 Å².